The van der Waals surface area contributed by atoms with Gasteiger partial charge in [-0.25, -0.2) is 18.5 Å². The number of hydrogen-bond donors (Lipinski definition) is 2. The van der Waals surface area contributed by atoms with Crippen molar-refractivity contribution in [3.05, 3.63) is 48.0 Å². The van der Waals surface area contributed by atoms with E-state index in [1.807, 2.05) is 11.4 Å². The highest BCUT2D eigenvalue weighted by molar-refractivity contribution is 7.89. The molecule has 0 aliphatic rings. The van der Waals surface area contributed by atoms with Crippen molar-refractivity contribution in [2.75, 3.05) is 5.32 Å². The number of benzene rings is 1. The number of rotatable bonds is 4. The summed E-state index contributed by atoms with van der Waals surface area (Å²) in [5.41, 5.74) is 1.47. The number of aromatic nitrogens is 1. The molecule has 0 unspecified atom stereocenters. The van der Waals surface area contributed by atoms with Gasteiger partial charge in [0.05, 0.1) is 11.2 Å². The molecule has 0 aliphatic carbocycles. The lowest BCUT2D eigenvalue weighted by Crippen LogP contribution is -2.11. The zero-order valence-corrected chi connectivity index (χ0v) is 12.3. The molecule has 0 amide bonds. The van der Waals surface area contributed by atoms with Gasteiger partial charge in [-0.15, -0.1) is 11.3 Å². The second kappa shape index (κ2) is 5.32. The highest BCUT2D eigenvalue weighted by atomic mass is 32.2. The molecule has 1 aromatic carbocycles. The van der Waals surface area contributed by atoms with Gasteiger partial charge in [0.25, 0.3) is 0 Å². The monoisotopic (exact) mass is 321 g/mol. The number of nitrogens with zero attached hydrogens (tertiary/aromatic N) is 1. The van der Waals surface area contributed by atoms with E-state index in [0.29, 0.717) is 10.9 Å². The molecule has 3 rings (SSSR count). The maximum atomic E-state index is 11.2. The van der Waals surface area contributed by atoms with Crippen molar-refractivity contribution in [1.82, 2.24) is 4.98 Å². The molecule has 2 heterocycles. The van der Waals surface area contributed by atoms with Crippen LogP contribution in [0.3, 0.4) is 0 Å². The normalized spacial score (nSPS) is 11.5. The molecule has 2 aromatic heterocycles. The summed E-state index contributed by atoms with van der Waals surface area (Å²) in [6.45, 7) is 0. The maximum absolute atomic E-state index is 11.2. The lowest BCUT2D eigenvalue weighted by molar-refractivity contribution is 0.580. The first kappa shape index (κ1) is 13.8. The van der Waals surface area contributed by atoms with E-state index >= 15 is 0 Å². The summed E-state index contributed by atoms with van der Waals surface area (Å²) >= 11 is 1.43. The van der Waals surface area contributed by atoms with Gasteiger partial charge in [-0.2, -0.15) is 0 Å². The van der Waals surface area contributed by atoms with E-state index in [1.165, 1.54) is 23.5 Å². The standard InChI is InChI=1S/C13H11N3O3S2/c14-21(17,18)10-5-3-9(4-6-10)15-13-16-11(8-20-13)12-2-1-7-19-12/h1-8H,(H,15,16)(H2,14,17,18). The molecule has 0 fully saturated rings. The molecule has 3 aromatic rings. The molecule has 3 N–H and O–H groups in total. The van der Waals surface area contributed by atoms with E-state index in [9.17, 15) is 8.42 Å². The van der Waals surface area contributed by atoms with E-state index in [0.717, 1.165) is 11.4 Å². The Morgan fingerprint density at radius 2 is 1.95 bits per heavy atom. The van der Waals surface area contributed by atoms with Crippen LogP contribution in [0.4, 0.5) is 10.8 Å². The predicted octanol–water partition coefficient (Wildman–Crippen LogP) is 2.79. The fourth-order valence-electron chi connectivity index (χ4n) is 1.72. The van der Waals surface area contributed by atoms with Crippen LogP contribution in [0.25, 0.3) is 11.5 Å². The summed E-state index contributed by atoms with van der Waals surface area (Å²) < 4.78 is 27.6. The summed E-state index contributed by atoms with van der Waals surface area (Å²) in [6, 6.07) is 9.78. The third kappa shape index (κ3) is 3.13. The van der Waals surface area contributed by atoms with E-state index < -0.39 is 10.0 Å². The topological polar surface area (TPSA) is 98.2 Å². The van der Waals surface area contributed by atoms with Gasteiger partial charge in [0.1, 0.15) is 5.69 Å². The number of nitrogens with one attached hydrogen (secondary N) is 1. The van der Waals surface area contributed by atoms with Gasteiger partial charge in [-0.1, -0.05) is 0 Å². The summed E-state index contributed by atoms with van der Waals surface area (Å²) in [6.07, 6.45) is 1.59. The first-order chi connectivity index (χ1) is 10.0. The molecule has 108 valence electrons. The van der Waals surface area contributed by atoms with Crippen LogP contribution >= 0.6 is 11.3 Å². The smallest absolute Gasteiger partial charge is 0.238 e. The average molecular weight is 321 g/mol. The molecule has 0 bridgehead atoms. The third-order valence-corrected chi connectivity index (χ3v) is 4.40. The van der Waals surface area contributed by atoms with E-state index in [4.69, 9.17) is 9.56 Å². The van der Waals surface area contributed by atoms with Crippen molar-refractivity contribution in [3.63, 3.8) is 0 Å². The van der Waals surface area contributed by atoms with Crippen LogP contribution < -0.4 is 10.5 Å². The van der Waals surface area contributed by atoms with Gasteiger partial charge in [0, 0.05) is 11.1 Å². The Morgan fingerprint density at radius 3 is 2.57 bits per heavy atom. The molecule has 0 radical (unpaired) electrons. The molecule has 0 saturated carbocycles. The van der Waals surface area contributed by atoms with Crippen molar-refractivity contribution in [2.45, 2.75) is 4.90 Å². The second-order valence-corrected chi connectivity index (χ2v) is 6.63. The van der Waals surface area contributed by atoms with Crippen LogP contribution in [-0.2, 0) is 10.0 Å². The van der Waals surface area contributed by atoms with Crippen molar-refractivity contribution in [1.29, 1.82) is 0 Å². The van der Waals surface area contributed by atoms with Crippen molar-refractivity contribution in [3.8, 4) is 11.5 Å². The number of thiazole rings is 1. The first-order valence-electron chi connectivity index (χ1n) is 5.92. The minimum atomic E-state index is -3.67. The Kier molecular flexibility index (Phi) is 3.50. The average Bonchev–Trinajstić information content (AvgIpc) is 3.08. The van der Waals surface area contributed by atoms with Crippen LogP contribution in [-0.4, -0.2) is 13.4 Å². The van der Waals surface area contributed by atoms with Crippen molar-refractivity contribution in [2.24, 2.45) is 5.14 Å². The number of anilines is 2. The Labute approximate surface area is 125 Å². The molecule has 0 aliphatic heterocycles. The van der Waals surface area contributed by atoms with Crippen molar-refractivity contribution >= 4 is 32.2 Å². The van der Waals surface area contributed by atoms with E-state index in [-0.39, 0.29) is 4.90 Å². The summed E-state index contributed by atoms with van der Waals surface area (Å²) in [5, 5.41) is 10.7. The molecule has 0 spiro atoms. The number of sulfonamides is 1. The minimum Gasteiger partial charge on any atom is -0.463 e. The SMILES string of the molecule is NS(=O)(=O)c1ccc(Nc2nc(-c3ccco3)cs2)cc1. The van der Waals surface area contributed by atoms with Gasteiger partial charge in [-0.3, -0.25) is 0 Å². The summed E-state index contributed by atoms with van der Waals surface area (Å²) in [4.78, 5) is 4.46. The van der Waals surface area contributed by atoms with E-state index in [2.05, 4.69) is 10.3 Å². The summed E-state index contributed by atoms with van der Waals surface area (Å²) in [5.74, 6) is 0.698. The van der Waals surface area contributed by atoms with Crippen LogP contribution in [0.15, 0.2) is 57.4 Å². The molecule has 0 atom stereocenters. The van der Waals surface area contributed by atoms with Crippen LogP contribution in [0.5, 0.6) is 0 Å². The minimum absolute atomic E-state index is 0.0727. The lowest BCUT2D eigenvalue weighted by Gasteiger charge is -2.03. The number of hydrogen-bond acceptors (Lipinski definition) is 6. The molecule has 21 heavy (non-hydrogen) atoms. The second-order valence-electron chi connectivity index (χ2n) is 4.21. The quantitative estimate of drug-likeness (QED) is 0.770. The fourth-order valence-corrected chi connectivity index (χ4v) is 2.96. The molecule has 0 saturated heterocycles. The lowest BCUT2D eigenvalue weighted by atomic mass is 10.3. The summed E-state index contributed by atoms with van der Waals surface area (Å²) in [7, 11) is -3.67. The Balaban J connectivity index is 1.78. The third-order valence-electron chi connectivity index (χ3n) is 2.71. The van der Waals surface area contributed by atoms with Gasteiger partial charge in [0.2, 0.25) is 10.0 Å². The van der Waals surface area contributed by atoms with Crippen LogP contribution in [0.2, 0.25) is 0 Å². The number of primary sulfonamides is 1. The molecular formula is C13H11N3O3S2. The maximum Gasteiger partial charge on any atom is 0.238 e. The highest BCUT2D eigenvalue weighted by Crippen LogP contribution is 2.27. The fraction of sp³-hybridized carbons (Fsp3) is 0. The Morgan fingerprint density at radius 1 is 1.19 bits per heavy atom. The number of nitrogens with two attached hydrogens (primary N) is 1. The molecular weight excluding hydrogens is 310 g/mol. The van der Waals surface area contributed by atoms with Gasteiger partial charge in [0.15, 0.2) is 10.9 Å². The van der Waals surface area contributed by atoms with Gasteiger partial charge in [-0.05, 0) is 36.4 Å². The number of furan rings is 1. The van der Waals surface area contributed by atoms with Crippen LogP contribution in [0, 0.1) is 0 Å². The Bertz CT molecular complexity index is 837. The Hall–Kier alpha value is -2.16. The molecule has 6 nitrogen and oxygen atoms in total. The van der Waals surface area contributed by atoms with Gasteiger partial charge >= 0.3 is 0 Å². The highest BCUT2D eigenvalue weighted by Gasteiger charge is 2.09. The van der Waals surface area contributed by atoms with Crippen LogP contribution in [0.1, 0.15) is 0 Å². The van der Waals surface area contributed by atoms with Crippen molar-refractivity contribution < 1.29 is 12.8 Å². The molecule has 8 heteroatoms. The first-order valence-corrected chi connectivity index (χ1v) is 8.34. The zero-order chi connectivity index (χ0) is 14.9. The zero-order valence-electron chi connectivity index (χ0n) is 10.7. The largest absolute Gasteiger partial charge is 0.463 e. The van der Waals surface area contributed by atoms with Gasteiger partial charge < -0.3 is 9.73 Å². The van der Waals surface area contributed by atoms with E-state index in [1.54, 1.807) is 24.5 Å². The predicted molar refractivity (Wildman–Crippen MR) is 80.9 cm³/mol.